The van der Waals surface area contributed by atoms with Crippen molar-refractivity contribution in [2.45, 2.75) is 4.90 Å². The first kappa shape index (κ1) is 12.1. The summed E-state index contributed by atoms with van der Waals surface area (Å²) >= 11 is 0.908. The van der Waals surface area contributed by atoms with E-state index in [4.69, 9.17) is 4.74 Å². The van der Waals surface area contributed by atoms with Crippen molar-refractivity contribution in [1.82, 2.24) is 0 Å². The molecule has 0 atom stereocenters. The van der Waals surface area contributed by atoms with E-state index >= 15 is 0 Å². The number of rotatable bonds is 3. The number of anilines is 1. The number of isocyanates is 1. The smallest absolute Gasteiger partial charge is 0.247 e. The largest absolute Gasteiger partial charge is 0.378 e. The lowest BCUT2D eigenvalue weighted by molar-refractivity contribution is 0.122. The summed E-state index contributed by atoms with van der Waals surface area (Å²) in [6.07, 6.45) is 1.40. The molecule has 0 spiro atoms. The maximum atomic E-state index is 13.8. The van der Waals surface area contributed by atoms with Gasteiger partial charge in [0.15, 0.2) is 0 Å². The number of morpholine rings is 1. The van der Waals surface area contributed by atoms with Crippen molar-refractivity contribution >= 4 is 23.7 Å². The van der Waals surface area contributed by atoms with Gasteiger partial charge < -0.3 is 9.64 Å². The maximum Gasteiger partial charge on any atom is 0.247 e. The molecule has 0 aromatic heterocycles. The molecule has 1 aliphatic rings. The number of ether oxygens (including phenoxy) is 1. The standard InChI is InChI=1S/C11H11FN2O2S/c12-10-7-9(17-13-8-15)1-2-11(10)14-3-5-16-6-4-14/h1-2,7H,3-6H2. The zero-order valence-corrected chi connectivity index (χ0v) is 9.87. The third kappa shape index (κ3) is 3.06. The van der Waals surface area contributed by atoms with Gasteiger partial charge in [0.2, 0.25) is 6.08 Å². The van der Waals surface area contributed by atoms with Gasteiger partial charge in [0.1, 0.15) is 5.82 Å². The van der Waals surface area contributed by atoms with Crippen LogP contribution in [0.4, 0.5) is 10.1 Å². The first-order valence-corrected chi connectivity index (χ1v) is 5.95. The van der Waals surface area contributed by atoms with Gasteiger partial charge in [-0.2, -0.15) is 0 Å². The van der Waals surface area contributed by atoms with Gasteiger partial charge in [-0.1, -0.05) is 0 Å². The van der Waals surface area contributed by atoms with E-state index in [9.17, 15) is 9.18 Å². The molecule has 2 rings (SSSR count). The zero-order valence-electron chi connectivity index (χ0n) is 9.06. The lowest BCUT2D eigenvalue weighted by Gasteiger charge is -2.29. The van der Waals surface area contributed by atoms with Crippen LogP contribution in [0, 0.1) is 5.82 Å². The van der Waals surface area contributed by atoms with Gasteiger partial charge in [-0.15, -0.1) is 4.40 Å². The number of hydrogen-bond donors (Lipinski definition) is 0. The average molecular weight is 254 g/mol. The minimum atomic E-state index is -0.307. The molecule has 90 valence electrons. The monoisotopic (exact) mass is 254 g/mol. The van der Waals surface area contributed by atoms with Gasteiger partial charge >= 0.3 is 0 Å². The van der Waals surface area contributed by atoms with Crippen LogP contribution in [0.25, 0.3) is 0 Å². The first-order chi connectivity index (χ1) is 8.31. The molecule has 0 aliphatic carbocycles. The van der Waals surface area contributed by atoms with E-state index < -0.39 is 0 Å². The van der Waals surface area contributed by atoms with Gasteiger partial charge in [-0.3, -0.25) is 0 Å². The third-order valence-electron chi connectivity index (χ3n) is 2.46. The summed E-state index contributed by atoms with van der Waals surface area (Å²) in [5.74, 6) is -0.307. The molecule has 0 radical (unpaired) electrons. The molecular formula is C11H11FN2O2S. The topological polar surface area (TPSA) is 41.9 Å². The minimum absolute atomic E-state index is 0.307. The molecule has 17 heavy (non-hydrogen) atoms. The van der Waals surface area contributed by atoms with Crippen molar-refractivity contribution in [3.63, 3.8) is 0 Å². The Morgan fingerprint density at radius 2 is 2.18 bits per heavy atom. The van der Waals surface area contributed by atoms with Crippen molar-refractivity contribution in [2.24, 2.45) is 4.40 Å². The summed E-state index contributed by atoms with van der Waals surface area (Å²) in [5.41, 5.74) is 0.563. The van der Waals surface area contributed by atoms with Crippen LogP contribution in [0.1, 0.15) is 0 Å². The van der Waals surface area contributed by atoms with Crippen molar-refractivity contribution < 1.29 is 13.9 Å². The van der Waals surface area contributed by atoms with E-state index in [0.29, 0.717) is 36.9 Å². The highest BCUT2D eigenvalue weighted by Crippen LogP contribution is 2.26. The summed E-state index contributed by atoms with van der Waals surface area (Å²) < 4.78 is 22.4. The summed E-state index contributed by atoms with van der Waals surface area (Å²) in [4.78, 5) is 12.5. The molecule has 4 nitrogen and oxygen atoms in total. The molecule has 0 amide bonds. The fraction of sp³-hybridized carbons (Fsp3) is 0.364. The maximum absolute atomic E-state index is 13.8. The molecular weight excluding hydrogens is 243 g/mol. The second-order valence-corrected chi connectivity index (χ2v) is 4.32. The third-order valence-corrected chi connectivity index (χ3v) is 3.09. The number of nitrogens with zero attached hydrogens (tertiary/aromatic N) is 2. The van der Waals surface area contributed by atoms with E-state index in [1.165, 1.54) is 12.1 Å². The van der Waals surface area contributed by atoms with Crippen LogP contribution in [-0.2, 0) is 9.53 Å². The molecule has 0 N–H and O–H groups in total. The molecule has 1 aromatic carbocycles. The molecule has 1 aromatic rings. The molecule has 1 fully saturated rings. The van der Waals surface area contributed by atoms with E-state index in [1.54, 1.807) is 12.1 Å². The normalized spacial score (nSPS) is 15.5. The van der Waals surface area contributed by atoms with Crippen LogP contribution in [0.5, 0.6) is 0 Å². The number of carbonyl (C=O) groups excluding carboxylic acids is 1. The van der Waals surface area contributed by atoms with E-state index in [1.807, 2.05) is 4.90 Å². The van der Waals surface area contributed by atoms with Crippen molar-refractivity contribution in [3.8, 4) is 0 Å². The second kappa shape index (κ2) is 5.82. The second-order valence-electron chi connectivity index (χ2n) is 3.49. The summed E-state index contributed by atoms with van der Waals surface area (Å²) in [6, 6.07) is 4.80. The summed E-state index contributed by atoms with van der Waals surface area (Å²) in [6.45, 7) is 2.61. The van der Waals surface area contributed by atoms with Gasteiger partial charge in [0, 0.05) is 29.9 Å². The molecule has 1 aliphatic heterocycles. The Bertz CT molecular complexity index is 443. The molecule has 1 heterocycles. The first-order valence-electron chi connectivity index (χ1n) is 5.17. The molecule has 0 unspecified atom stereocenters. The Balaban J connectivity index is 2.15. The Morgan fingerprint density at radius 1 is 1.41 bits per heavy atom. The van der Waals surface area contributed by atoms with Gasteiger partial charge in [-0.25, -0.2) is 9.18 Å². The lowest BCUT2D eigenvalue weighted by atomic mass is 10.2. The van der Waals surface area contributed by atoms with Gasteiger partial charge in [-0.05, 0) is 18.2 Å². The zero-order chi connectivity index (χ0) is 12.1. The molecule has 6 heteroatoms. The predicted molar refractivity (Wildman–Crippen MR) is 63.4 cm³/mol. The SMILES string of the molecule is O=C=NSc1ccc(N2CCOCC2)c(F)c1. The highest BCUT2D eigenvalue weighted by atomic mass is 32.2. The van der Waals surface area contributed by atoms with E-state index in [-0.39, 0.29) is 5.82 Å². The molecule has 1 saturated heterocycles. The fourth-order valence-electron chi connectivity index (χ4n) is 1.68. The Labute approximate surface area is 103 Å². The van der Waals surface area contributed by atoms with Gasteiger partial charge in [0.25, 0.3) is 0 Å². The van der Waals surface area contributed by atoms with Gasteiger partial charge in [0.05, 0.1) is 18.9 Å². The highest BCUT2D eigenvalue weighted by molar-refractivity contribution is 7.98. The van der Waals surface area contributed by atoms with Crippen LogP contribution in [0.2, 0.25) is 0 Å². The minimum Gasteiger partial charge on any atom is -0.378 e. The quantitative estimate of drug-likeness (QED) is 0.470. The van der Waals surface area contributed by atoms with Crippen molar-refractivity contribution in [1.29, 1.82) is 0 Å². The van der Waals surface area contributed by atoms with E-state index in [0.717, 1.165) is 11.9 Å². The highest BCUT2D eigenvalue weighted by Gasteiger charge is 2.15. The van der Waals surface area contributed by atoms with Crippen LogP contribution in [-0.4, -0.2) is 32.4 Å². The number of halogens is 1. The summed E-state index contributed by atoms with van der Waals surface area (Å²) in [5, 5.41) is 0. The van der Waals surface area contributed by atoms with Crippen molar-refractivity contribution in [3.05, 3.63) is 24.0 Å². The number of benzene rings is 1. The molecule has 0 bridgehead atoms. The van der Waals surface area contributed by atoms with E-state index in [2.05, 4.69) is 4.40 Å². The number of hydrogen-bond acceptors (Lipinski definition) is 5. The summed E-state index contributed by atoms with van der Waals surface area (Å²) in [7, 11) is 0. The van der Waals surface area contributed by atoms with Crippen LogP contribution >= 0.6 is 11.9 Å². The van der Waals surface area contributed by atoms with Crippen LogP contribution in [0.3, 0.4) is 0 Å². The lowest BCUT2D eigenvalue weighted by Crippen LogP contribution is -2.36. The Hall–Kier alpha value is -1.36. The Kier molecular flexibility index (Phi) is 4.14. The van der Waals surface area contributed by atoms with Crippen molar-refractivity contribution in [2.75, 3.05) is 31.2 Å². The average Bonchev–Trinajstić information content (AvgIpc) is 2.37. The Morgan fingerprint density at radius 3 is 2.82 bits per heavy atom. The fourth-order valence-corrected chi connectivity index (χ4v) is 2.10. The van der Waals surface area contributed by atoms with Crippen LogP contribution < -0.4 is 4.90 Å². The van der Waals surface area contributed by atoms with Crippen LogP contribution in [0.15, 0.2) is 27.5 Å². The predicted octanol–water partition coefficient (Wildman–Crippen LogP) is 2.01. The molecule has 0 saturated carbocycles.